The summed E-state index contributed by atoms with van der Waals surface area (Å²) in [5.41, 5.74) is 6.58. The predicted octanol–water partition coefficient (Wildman–Crippen LogP) is 4.18. The van der Waals surface area contributed by atoms with Crippen molar-refractivity contribution in [1.29, 1.82) is 0 Å². The minimum Gasteiger partial charge on any atom is -0.490 e. The Hall–Kier alpha value is -3.40. The lowest BCUT2D eigenvalue weighted by molar-refractivity contribution is -0.385. The van der Waals surface area contributed by atoms with Crippen LogP contribution < -0.4 is 10.5 Å². The molecule has 30 heavy (non-hydrogen) atoms. The van der Waals surface area contributed by atoms with Crippen LogP contribution in [-0.2, 0) is 6.42 Å². The number of nitro benzene ring substituents is 1. The van der Waals surface area contributed by atoms with Crippen molar-refractivity contribution in [3.8, 4) is 27.6 Å². The van der Waals surface area contributed by atoms with Crippen molar-refractivity contribution < 1.29 is 14.5 Å². The number of nitrogens with two attached hydrogens (primary N) is 1. The van der Waals surface area contributed by atoms with E-state index in [0.29, 0.717) is 11.4 Å². The second-order valence-corrected chi connectivity index (χ2v) is 7.06. The molecule has 3 rings (SSSR count). The molecule has 0 unspecified atom stereocenters. The van der Waals surface area contributed by atoms with Crippen LogP contribution >= 0.6 is 11.3 Å². The van der Waals surface area contributed by atoms with Gasteiger partial charge in [0.15, 0.2) is 11.6 Å². The van der Waals surface area contributed by atoms with E-state index in [1.807, 2.05) is 27.7 Å². The highest BCUT2D eigenvalue weighted by molar-refractivity contribution is 7.15. The van der Waals surface area contributed by atoms with E-state index in [4.69, 9.17) is 10.5 Å². The Morgan fingerprint density at radius 3 is 2.40 bits per heavy atom. The van der Waals surface area contributed by atoms with E-state index in [-0.39, 0.29) is 22.6 Å². The molecule has 10 heteroatoms. The number of carbonyl (C=O) groups excluding carboxylic acids is 1. The first-order chi connectivity index (χ1) is 14.3. The summed E-state index contributed by atoms with van der Waals surface area (Å²) in [6, 6.07) is 2.59. The molecule has 0 fully saturated rings. The van der Waals surface area contributed by atoms with E-state index in [1.54, 1.807) is 0 Å². The van der Waals surface area contributed by atoms with Gasteiger partial charge in [-0.15, -0.1) is 11.3 Å². The molecule has 9 nitrogen and oxygen atoms in total. The Morgan fingerprint density at radius 2 is 1.90 bits per heavy atom. The van der Waals surface area contributed by atoms with E-state index in [0.717, 1.165) is 22.0 Å². The number of hydrogen-bond acceptors (Lipinski definition) is 8. The van der Waals surface area contributed by atoms with Crippen molar-refractivity contribution >= 4 is 22.9 Å². The van der Waals surface area contributed by atoms with Crippen LogP contribution in [0.1, 0.15) is 41.8 Å². The number of methoxy groups -OCH3 is 1. The van der Waals surface area contributed by atoms with Crippen LogP contribution in [-0.4, -0.2) is 32.9 Å². The average Bonchev–Trinajstić information content (AvgIpc) is 3.14. The predicted molar refractivity (Wildman–Crippen MR) is 116 cm³/mol. The molecule has 0 atom stereocenters. The number of benzene rings is 1. The van der Waals surface area contributed by atoms with Crippen molar-refractivity contribution in [2.45, 2.75) is 34.1 Å². The monoisotopic (exact) mass is 429 g/mol. The van der Waals surface area contributed by atoms with Crippen molar-refractivity contribution in [1.82, 2.24) is 15.0 Å². The molecule has 1 aromatic carbocycles. The number of carbonyl (C=O) groups is 1. The third-order valence-corrected chi connectivity index (χ3v) is 5.08. The Morgan fingerprint density at radius 1 is 1.27 bits per heavy atom. The van der Waals surface area contributed by atoms with Gasteiger partial charge in [0.2, 0.25) is 5.91 Å². The number of amides is 1. The van der Waals surface area contributed by atoms with Gasteiger partial charge in [-0.2, -0.15) is 0 Å². The molecule has 0 aliphatic rings. The quantitative estimate of drug-likeness (QED) is 0.459. The third-order valence-electron chi connectivity index (χ3n) is 4.07. The number of ether oxygens (including phenoxy) is 1. The van der Waals surface area contributed by atoms with Gasteiger partial charge in [0.05, 0.1) is 33.2 Å². The van der Waals surface area contributed by atoms with Crippen LogP contribution in [0.4, 0.5) is 5.69 Å². The molecule has 1 amide bonds. The maximum absolute atomic E-state index is 11.6. The van der Waals surface area contributed by atoms with Crippen molar-refractivity contribution in [2.75, 3.05) is 7.11 Å². The summed E-state index contributed by atoms with van der Waals surface area (Å²) in [5, 5.41) is 12.5. The smallest absolute Gasteiger partial charge is 0.318 e. The van der Waals surface area contributed by atoms with Gasteiger partial charge in [-0.3, -0.25) is 14.9 Å². The van der Waals surface area contributed by atoms with Gasteiger partial charge in [-0.1, -0.05) is 20.8 Å². The molecule has 0 bridgehead atoms. The maximum Gasteiger partial charge on any atom is 0.318 e. The summed E-state index contributed by atoms with van der Waals surface area (Å²) in [4.78, 5) is 36.7. The number of thiazole rings is 1. The van der Waals surface area contributed by atoms with Crippen LogP contribution in [0.3, 0.4) is 0 Å². The molecule has 0 saturated carbocycles. The van der Waals surface area contributed by atoms with E-state index >= 15 is 0 Å². The summed E-state index contributed by atoms with van der Waals surface area (Å²) >= 11 is 1.49. The molecular weight excluding hydrogens is 406 g/mol. The standard InChI is InChI=1S/C18H17N5O4S.C2H6/c1-4-13-16(28-9(2)22-13)18-20-7-11(8-21-18)12-5-10(17(19)24)6-14(27-3)15(12)23(25)26;1-2/h5-8H,4H2,1-3H3,(H2,19,24);1-2H3. The van der Waals surface area contributed by atoms with E-state index in [9.17, 15) is 14.9 Å². The van der Waals surface area contributed by atoms with Crippen LogP contribution in [0.25, 0.3) is 21.8 Å². The second-order valence-electron chi connectivity index (χ2n) is 5.85. The Balaban J connectivity index is 0.00000155. The number of aromatic nitrogens is 3. The summed E-state index contributed by atoms with van der Waals surface area (Å²) in [7, 11) is 1.29. The maximum atomic E-state index is 11.6. The fourth-order valence-electron chi connectivity index (χ4n) is 2.78. The lowest BCUT2D eigenvalue weighted by Gasteiger charge is -2.09. The number of rotatable bonds is 6. The SMILES string of the molecule is CC.CCc1nc(C)sc1-c1ncc(-c2cc(C(N)=O)cc(OC)c2[N+](=O)[O-])cn1. The van der Waals surface area contributed by atoms with Crippen LogP contribution in [0, 0.1) is 17.0 Å². The summed E-state index contributed by atoms with van der Waals surface area (Å²) in [6.07, 6.45) is 3.70. The first-order valence-electron chi connectivity index (χ1n) is 9.31. The molecule has 0 saturated heterocycles. The Labute approximate surface area is 178 Å². The topological polar surface area (TPSA) is 134 Å². The van der Waals surface area contributed by atoms with Crippen molar-refractivity contribution in [3.05, 3.63) is 50.9 Å². The number of hydrogen-bond donors (Lipinski definition) is 1. The zero-order valence-electron chi connectivity index (χ0n) is 17.4. The van der Waals surface area contributed by atoms with E-state index in [2.05, 4.69) is 15.0 Å². The molecule has 0 radical (unpaired) electrons. The van der Waals surface area contributed by atoms with Gasteiger partial charge < -0.3 is 10.5 Å². The zero-order chi connectivity index (χ0) is 22.4. The number of aryl methyl sites for hydroxylation is 2. The highest BCUT2D eigenvalue weighted by Crippen LogP contribution is 2.39. The van der Waals surface area contributed by atoms with Gasteiger partial charge in [-0.05, 0) is 19.4 Å². The molecular formula is C20H23N5O4S. The number of nitro groups is 1. The molecule has 2 N–H and O–H groups in total. The molecule has 158 valence electrons. The summed E-state index contributed by atoms with van der Waals surface area (Å²) in [6.45, 7) is 7.91. The molecule has 0 spiro atoms. The molecule has 2 aromatic heterocycles. The van der Waals surface area contributed by atoms with Gasteiger partial charge in [0.1, 0.15) is 0 Å². The minimum atomic E-state index is -0.722. The normalized spacial score (nSPS) is 10.2. The van der Waals surface area contributed by atoms with E-state index < -0.39 is 10.8 Å². The van der Waals surface area contributed by atoms with Gasteiger partial charge in [-0.25, -0.2) is 15.0 Å². The third kappa shape index (κ3) is 4.60. The molecule has 2 heterocycles. The van der Waals surface area contributed by atoms with Crippen LogP contribution in [0.2, 0.25) is 0 Å². The zero-order valence-corrected chi connectivity index (χ0v) is 18.2. The number of primary amides is 1. The second kappa shape index (κ2) is 9.88. The fraction of sp³-hybridized carbons (Fsp3) is 0.300. The molecule has 0 aliphatic carbocycles. The summed E-state index contributed by atoms with van der Waals surface area (Å²) < 4.78 is 5.09. The Bertz CT molecular complexity index is 1060. The van der Waals surface area contributed by atoms with Crippen molar-refractivity contribution in [3.63, 3.8) is 0 Å². The first-order valence-corrected chi connectivity index (χ1v) is 10.1. The average molecular weight is 430 g/mol. The van der Waals surface area contributed by atoms with Gasteiger partial charge in [0.25, 0.3) is 0 Å². The first kappa shape index (κ1) is 22.9. The van der Waals surface area contributed by atoms with Gasteiger partial charge in [0, 0.05) is 29.6 Å². The molecule has 0 aliphatic heterocycles. The van der Waals surface area contributed by atoms with Crippen molar-refractivity contribution in [2.24, 2.45) is 5.73 Å². The lowest BCUT2D eigenvalue weighted by atomic mass is 10.0. The Kier molecular flexibility index (Phi) is 7.54. The minimum absolute atomic E-state index is 0.0632. The lowest BCUT2D eigenvalue weighted by Crippen LogP contribution is -2.12. The largest absolute Gasteiger partial charge is 0.490 e. The molecule has 3 aromatic rings. The van der Waals surface area contributed by atoms with Crippen LogP contribution in [0.5, 0.6) is 5.75 Å². The highest BCUT2D eigenvalue weighted by atomic mass is 32.1. The van der Waals surface area contributed by atoms with E-state index in [1.165, 1.54) is 43.0 Å². The van der Waals surface area contributed by atoms with Gasteiger partial charge >= 0.3 is 5.69 Å². The summed E-state index contributed by atoms with van der Waals surface area (Å²) in [5.74, 6) is -0.293. The van der Waals surface area contributed by atoms with Crippen LogP contribution in [0.15, 0.2) is 24.5 Å². The number of nitrogens with zero attached hydrogens (tertiary/aromatic N) is 4. The highest BCUT2D eigenvalue weighted by Gasteiger charge is 2.25. The fourth-order valence-corrected chi connectivity index (χ4v) is 3.74.